The normalized spacial score (nSPS) is 23.6. The lowest BCUT2D eigenvalue weighted by Gasteiger charge is -2.36. The Hall–Kier alpha value is -1.49. The van der Waals surface area contributed by atoms with Crippen LogP contribution in [0.3, 0.4) is 0 Å². The molecule has 1 saturated heterocycles. The first-order chi connectivity index (χ1) is 9.98. The number of carbonyl (C=O) groups excluding carboxylic acids is 1. The Balaban J connectivity index is 2.12. The molecule has 2 unspecified atom stereocenters. The van der Waals surface area contributed by atoms with Gasteiger partial charge in [-0.3, -0.25) is 4.79 Å². The Morgan fingerprint density at radius 2 is 2.24 bits per heavy atom. The first-order valence-electron chi connectivity index (χ1n) is 7.45. The van der Waals surface area contributed by atoms with Crippen LogP contribution in [0.1, 0.15) is 44.7 Å². The Morgan fingerprint density at radius 3 is 2.86 bits per heavy atom. The Labute approximate surface area is 124 Å². The van der Waals surface area contributed by atoms with E-state index in [4.69, 9.17) is 0 Å². The van der Waals surface area contributed by atoms with Gasteiger partial charge in [-0.1, -0.05) is 6.92 Å². The maximum absolute atomic E-state index is 13.8. The van der Waals surface area contributed by atoms with Crippen molar-refractivity contribution in [1.29, 1.82) is 0 Å². The molecule has 1 fully saturated rings. The van der Waals surface area contributed by atoms with Crippen LogP contribution >= 0.6 is 0 Å². The van der Waals surface area contributed by atoms with Crippen molar-refractivity contribution >= 4 is 5.91 Å². The molecule has 5 heteroatoms. The summed E-state index contributed by atoms with van der Waals surface area (Å²) in [5.74, 6) is -1.10. The average molecular weight is 296 g/mol. The summed E-state index contributed by atoms with van der Waals surface area (Å²) in [5.41, 5.74) is -0.269. The van der Waals surface area contributed by atoms with Gasteiger partial charge >= 0.3 is 0 Å². The minimum absolute atomic E-state index is 0.0895. The second-order valence-corrected chi connectivity index (χ2v) is 5.78. The molecule has 0 aliphatic carbocycles. The van der Waals surface area contributed by atoms with E-state index in [0.29, 0.717) is 6.54 Å². The van der Waals surface area contributed by atoms with Crippen molar-refractivity contribution in [2.24, 2.45) is 5.41 Å². The van der Waals surface area contributed by atoms with Crippen LogP contribution in [-0.4, -0.2) is 19.0 Å². The van der Waals surface area contributed by atoms with E-state index in [9.17, 15) is 13.6 Å². The number of amides is 1. The van der Waals surface area contributed by atoms with Gasteiger partial charge in [-0.15, -0.1) is 0 Å². The summed E-state index contributed by atoms with van der Waals surface area (Å²) in [6, 6.07) is 2.74. The molecule has 0 bridgehead atoms. The van der Waals surface area contributed by atoms with E-state index in [0.717, 1.165) is 44.0 Å². The smallest absolute Gasteiger partial charge is 0.227 e. The number of carbonyl (C=O) groups is 1. The van der Waals surface area contributed by atoms with Gasteiger partial charge in [0.1, 0.15) is 11.6 Å². The Bertz CT molecular complexity index is 513. The van der Waals surface area contributed by atoms with Crippen LogP contribution in [0.15, 0.2) is 18.2 Å². The lowest BCUT2D eigenvalue weighted by Crippen LogP contribution is -2.50. The van der Waals surface area contributed by atoms with Crippen LogP contribution in [0.25, 0.3) is 0 Å². The van der Waals surface area contributed by atoms with Crippen molar-refractivity contribution in [3.8, 4) is 0 Å². The Morgan fingerprint density at radius 1 is 1.48 bits per heavy atom. The molecule has 1 aromatic rings. The van der Waals surface area contributed by atoms with Crippen molar-refractivity contribution in [2.45, 2.75) is 39.2 Å². The quantitative estimate of drug-likeness (QED) is 0.897. The molecule has 1 heterocycles. The monoisotopic (exact) mass is 296 g/mol. The third-order valence-corrected chi connectivity index (χ3v) is 4.40. The minimum Gasteiger partial charge on any atom is -0.349 e. The summed E-state index contributed by atoms with van der Waals surface area (Å²) in [4.78, 5) is 12.6. The molecule has 0 spiro atoms. The molecule has 2 atom stereocenters. The number of rotatable bonds is 4. The van der Waals surface area contributed by atoms with Crippen molar-refractivity contribution in [1.82, 2.24) is 10.6 Å². The summed E-state index contributed by atoms with van der Waals surface area (Å²) >= 11 is 0. The zero-order valence-corrected chi connectivity index (χ0v) is 12.5. The molecule has 1 aliphatic heterocycles. The summed E-state index contributed by atoms with van der Waals surface area (Å²) < 4.78 is 27.0. The van der Waals surface area contributed by atoms with E-state index in [2.05, 4.69) is 10.6 Å². The Kier molecular flexibility index (Phi) is 4.93. The third-order valence-electron chi connectivity index (χ3n) is 4.40. The van der Waals surface area contributed by atoms with Crippen molar-refractivity contribution in [3.05, 3.63) is 35.4 Å². The van der Waals surface area contributed by atoms with Gasteiger partial charge < -0.3 is 10.6 Å². The van der Waals surface area contributed by atoms with Crippen molar-refractivity contribution in [2.75, 3.05) is 13.1 Å². The van der Waals surface area contributed by atoms with Crippen molar-refractivity contribution in [3.63, 3.8) is 0 Å². The molecule has 0 radical (unpaired) electrons. The molecule has 1 amide bonds. The van der Waals surface area contributed by atoms with Crippen LogP contribution < -0.4 is 10.6 Å². The van der Waals surface area contributed by atoms with E-state index in [1.54, 1.807) is 6.92 Å². The van der Waals surface area contributed by atoms with Gasteiger partial charge in [-0.05, 0) is 50.9 Å². The van der Waals surface area contributed by atoms with E-state index in [-0.39, 0.29) is 11.5 Å². The predicted octanol–water partition coefficient (Wildman–Crippen LogP) is 2.92. The molecule has 116 valence electrons. The van der Waals surface area contributed by atoms with E-state index < -0.39 is 23.1 Å². The van der Waals surface area contributed by atoms with Gasteiger partial charge in [0.25, 0.3) is 0 Å². The zero-order valence-electron chi connectivity index (χ0n) is 12.5. The van der Waals surface area contributed by atoms with Crippen LogP contribution in [0.2, 0.25) is 0 Å². The molecule has 1 aromatic carbocycles. The third kappa shape index (κ3) is 3.40. The molecule has 21 heavy (non-hydrogen) atoms. The van der Waals surface area contributed by atoms with Crippen LogP contribution in [0.4, 0.5) is 8.78 Å². The van der Waals surface area contributed by atoms with E-state index in [1.807, 2.05) is 6.92 Å². The molecular weight excluding hydrogens is 274 g/mol. The summed E-state index contributed by atoms with van der Waals surface area (Å²) in [5, 5.41) is 6.09. The highest BCUT2D eigenvalue weighted by Crippen LogP contribution is 2.31. The van der Waals surface area contributed by atoms with Crippen LogP contribution in [-0.2, 0) is 4.79 Å². The highest BCUT2D eigenvalue weighted by atomic mass is 19.1. The highest BCUT2D eigenvalue weighted by Gasteiger charge is 2.38. The van der Waals surface area contributed by atoms with E-state index in [1.165, 1.54) is 0 Å². The SMILES string of the molecule is CCC1(C(=O)NC(C)c2cc(F)ccc2F)CCCNC1. The minimum atomic E-state index is -0.557. The summed E-state index contributed by atoms with van der Waals surface area (Å²) in [7, 11) is 0. The molecule has 2 N–H and O–H groups in total. The summed E-state index contributed by atoms with van der Waals surface area (Å²) in [6.45, 7) is 5.21. The highest BCUT2D eigenvalue weighted by molar-refractivity contribution is 5.83. The molecule has 2 rings (SSSR count). The number of benzene rings is 1. The molecule has 1 aliphatic rings. The predicted molar refractivity (Wildman–Crippen MR) is 77.7 cm³/mol. The standard InChI is InChI=1S/C16H22F2N2O/c1-3-16(7-4-8-19-10-16)15(21)20-11(2)13-9-12(17)5-6-14(13)18/h5-6,9,11,19H,3-4,7-8,10H2,1-2H3,(H,20,21). The number of piperidine rings is 1. The lowest BCUT2D eigenvalue weighted by atomic mass is 9.77. The lowest BCUT2D eigenvalue weighted by molar-refractivity contribution is -0.133. The number of hydrogen-bond acceptors (Lipinski definition) is 2. The molecule has 0 aromatic heterocycles. The number of hydrogen-bond donors (Lipinski definition) is 2. The largest absolute Gasteiger partial charge is 0.349 e. The number of nitrogens with one attached hydrogen (secondary N) is 2. The second kappa shape index (κ2) is 6.52. The van der Waals surface area contributed by atoms with E-state index >= 15 is 0 Å². The summed E-state index contributed by atoms with van der Waals surface area (Å²) in [6.07, 6.45) is 2.49. The van der Waals surface area contributed by atoms with Gasteiger partial charge in [-0.25, -0.2) is 8.78 Å². The number of halogens is 2. The van der Waals surface area contributed by atoms with Crippen LogP contribution in [0.5, 0.6) is 0 Å². The molecular formula is C16H22F2N2O. The maximum atomic E-state index is 13.8. The maximum Gasteiger partial charge on any atom is 0.227 e. The molecule has 3 nitrogen and oxygen atoms in total. The topological polar surface area (TPSA) is 41.1 Å². The fraction of sp³-hybridized carbons (Fsp3) is 0.562. The zero-order chi connectivity index (χ0) is 15.5. The first-order valence-corrected chi connectivity index (χ1v) is 7.45. The first kappa shape index (κ1) is 15.9. The fourth-order valence-electron chi connectivity index (χ4n) is 2.90. The van der Waals surface area contributed by atoms with Gasteiger partial charge in [0, 0.05) is 12.1 Å². The van der Waals surface area contributed by atoms with Gasteiger partial charge in [0.2, 0.25) is 5.91 Å². The second-order valence-electron chi connectivity index (χ2n) is 5.78. The van der Waals surface area contributed by atoms with Crippen LogP contribution in [0, 0.1) is 17.0 Å². The molecule has 0 saturated carbocycles. The fourth-order valence-corrected chi connectivity index (χ4v) is 2.90. The van der Waals surface area contributed by atoms with Gasteiger partial charge in [0.05, 0.1) is 11.5 Å². The van der Waals surface area contributed by atoms with Crippen molar-refractivity contribution < 1.29 is 13.6 Å². The van der Waals surface area contributed by atoms with Gasteiger partial charge in [-0.2, -0.15) is 0 Å². The average Bonchev–Trinajstić information content (AvgIpc) is 2.50. The van der Waals surface area contributed by atoms with Gasteiger partial charge in [0.15, 0.2) is 0 Å².